The lowest BCUT2D eigenvalue weighted by Crippen LogP contribution is -2.42. The van der Waals surface area contributed by atoms with Crippen LogP contribution in [0.5, 0.6) is 0 Å². The zero-order chi connectivity index (χ0) is 11.1. The molecule has 1 aliphatic rings. The van der Waals surface area contributed by atoms with Gasteiger partial charge in [0, 0.05) is 12.1 Å². The van der Waals surface area contributed by atoms with Gasteiger partial charge in [-0.1, -0.05) is 33.1 Å². The van der Waals surface area contributed by atoms with Crippen molar-refractivity contribution >= 4 is 0 Å². The first-order valence-corrected chi connectivity index (χ1v) is 6.72. The molecule has 2 N–H and O–H groups in total. The van der Waals surface area contributed by atoms with Gasteiger partial charge in [0.1, 0.15) is 0 Å². The summed E-state index contributed by atoms with van der Waals surface area (Å²) in [6.45, 7) is 4.49. The Morgan fingerprint density at radius 3 is 2.53 bits per heavy atom. The van der Waals surface area contributed by atoms with Crippen molar-refractivity contribution in [1.29, 1.82) is 0 Å². The van der Waals surface area contributed by atoms with Crippen molar-refractivity contribution in [3.8, 4) is 0 Å². The highest BCUT2D eigenvalue weighted by Gasteiger charge is 2.26. The molecule has 90 valence electrons. The third-order valence-electron chi connectivity index (χ3n) is 3.47. The third-order valence-corrected chi connectivity index (χ3v) is 3.47. The van der Waals surface area contributed by atoms with Gasteiger partial charge in [0.25, 0.3) is 0 Å². The van der Waals surface area contributed by atoms with Crippen LogP contribution in [-0.2, 0) is 0 Å². The average Bonchev–Trinajstić information content (AvgIpc) is 2.61. The van der Waals surface area contributed by atoms with Gasteiger partial charge in [0.2, 0.25) is 0 Å². The van der Waals surface area contributed by atoms with Gasteiger partial charge < -0.3 is 10.4 Å². The Kier molecular flexibility index (Phi) is 6.26. The molecule has 1 saturated carbocycles. The van der Waals surface area contributed by atoms with E-state index >= 15 is 0 Å². The highest BCUT2D eigenvalue weighted by molar-refractivity contribution is 4.85. The van der Waals surface area contributed by atoms with Crippen LogP contribution in [0, 0.1) is 0 Å². The van der Waals surface area contributed by atoms with Crippen LogP contribution in [0.4, 0.5) is 0 Å². The topological polar surface area (TPSA) is 32.3 Å². The molecule has 2 nitrogen and oxygen atoms in total. The van der Waals surface area contributed by atoms with E-state index in [1.165, 1.54) is 38.5 Å². The second kappa shape index (κ2) is 7.24. The largest absolute Gasteiger partial charge is 0.392 e. The van der Waals surface area contributed by atoms with Gasteiger partial charge >= 0.3 is 0 Å². The first-order chi connectivity index (χ1) is 7.27. The number of unbranched alkanes of at least 4 members (excludes halogenated alkanes) is 1. The molecule has 1 rings (SSSR count). The van der Waals surface area contributed by atoms with Crippen LogP contribution in [0.2, 0.25) is 0 Å². The standard InChI is InChI=1S/C13H27NO/c1-3-5-8-11(7-4-2)14-12-9-6-10-13(12)15/h11-15H,3-10H2,1-2H3. The molecule has 3 atom stereocenters. The van der Waals surface area contributed by atoms with Gasteiger partial charge in [0.15, 0.2) is 0 Å². The van der Waals surface area contributed by atoms with Crippen LogP contribution in [0.1, 0.15) is 65.2 Å². The molecule has 0 heterocycles. The lowest BCUT2D eigenvalue weighted by Gasteiger charge is -2.24. The van der Waals surface area contributed by atoms with Gasteiger partial charge in [0.05, 0.1) is 6.10 Å². The second-order valence-corrected chi connectivity index (χ2v) is 4.90. The molecule has 2 heteroatoms. The van der Waals surface area contributed by atoms with Crippen molar-refractivity contribution in [1.82, 2.24) is 5.32 Å². The number of hydrogen-bond donors (Lipinski definition) is 2. The van der Waals surface area contributed by atoms with Crippen LogP contribution < -0.4 is 5.32 Å². The summed E-state index contributed by atoms with van der Waals surface area (Å²) in [5.74, 6) is 0. The van der Waals surface area contributed by atoms with Crippen LogP contribution in [0.15, 0.2) is 0 Å². The van der Waals surface area contributed by atoms with Crippen LogP contribution in [-0.4, -0.2) is 23.3 Å². The monoisotopic (exact) mass is 213 g/mol. The number of nitrogens with one attached hydrogen (secondary N) is 1. The zero-order valence-electron chi connectivity index (χ0n) is 10.3. The fraction of sp³-hybridized carbons (Fsp3) is 1.00. The molecular formula is C13H27NO. The minimum absolute atomic E-state index is 0.0917. The summed E-state index contributed by atoms with van der Waals surface area (Å²) in [6, 6.07) is 1.01. The van der Waals surface area contributed by atoms with E-state index in [0.717, 1.165) is 12.8 Å². The van der Waals surface area contributed by atoms with Gasteiger partial charge in [-0.05, 0) is 32.1 Å². The Morgan fingerprint density at radius 1 is 1.20 bits per heavy atom. The summed E-state index contributed by atoms with van der Waals surface area (Å²) in [6.07, 6.45) is 9.59. The zero-order valence-corrected chi connectivity index (χ0v) is 10.3. The SMILES string of the molecule is CCCCC(CCC)NC1CCCC1O. The molecule has 1 aliphatic carbocycles. The normalized spacial score (nSPS) is 28.2. The summed E-state index contributed by atoms with van der Waals surface area (Å²) in [4.78, 5) is 0. The highest BCUT2D eigenvalue weighted by atomic mass is 16.3. The second-order valence-electron chi connectivity index (χ2n) is 4.90. The Morgan fingerprint density at radius 2 is 2.00 bits per heavy atom. The summed E-state index contributed by atoms with van der Waals surface area (Å²) >= 11 is 0. The van der Waals surface area contributed by atoms with Crippen molar-refractivity contribution in [2.24, 2.45) is 0 Å². The molecule has 0 amide bonds. The Hall–Kier alpha value is -0.0800. The number of rotatable bonds is 7. The summed E-state index contributed by atoms with van der Waals surface area (Å²) in [5, 5.41) is 13.4. The number of aliphatic hydroxyl groups is 1. The molecule has 0 aromatic carbocycles. The smallest absolute Gasteiger partial charge is 0.0693 e. The van der Waals surface area contributed by atoms with E-state index in [1.807, 2.05) is 0 Å². The summed E-state index contributed by atoms with van der Waals surface area (Å²) in [7, 11) is 0. The maximum absolute atomic E-state index is 9.77. The Labute approximate surface area is 94.5 Å². The Bertz CT molecular complexity index is 161. The van der Waals surface area contributed by atoms with Crippen molar-refractivity contribution < 1.29 is 5.11 Å². The van der Waals surface area contributed by atoms with Crippen molar-refractivity contribution in [2.45, 2.75) is 83.4 Å². The average molecular weight is 213 g/mol. The van der Waals surface area contributed by atoms with E-state index in [-0.39, 0.29) is 6.10 Å². The summed E-state index contributed by atoms with van der Waals surface area (Å²) < 4.78 is 0. The molecule has 0 bridgehead atoms. The fourth-order valence-electron chi connectivity index (χ4n) is 2.55. The maximum atomic E-state index is 9.77. The molecule has 0 aliphatic heterocycles. The summed E-state index contributed by atoms with van der Waals surface area (Å²) in [5.41, 5.74) is 0. The molecule has 0 aromatic heterocycles. The lowest BCUT2D eigenvalue weighted by atomic mass is 10.0. The Balaban J connectivity index is 2.28. The van der Waals surface area contributed by atoms with Gasteiger partial charge in [-0.2, -0.15) is 0 Å². The minimum Gasteiger partial charge on any atom is -0.392 e. The lowest BCUT2D eigenvalue weighted by molar-refractivity contribution is 0.140. The van der Waals surface area contributed by atoms with E-state index in [1.54, 1.807) is 0 Å². The van der Waals surface area contributed by atoms with E-state index in [0.29, 0.717) is 12.1 Å². The fourth-order valence-corrected chi connectivity index (χ4v) is 2.55. The molecule has 0 radical (unpaired) electrons. The van der Waals surface area contributed by atoms with E-state index in [2.05, 4.69) is 19.2 Å². The number of hydrogen-bond acceptors (Lipinski definition) is 2. The van der Waals surface area contributed by atoms with Crippen molar-refractivity contribution in [3.63, 3.8) is 0 Å². The first kappa shape index (κ1) is 13.0. The molecule has 0 aromatic rings. The van der Waals surface area contributed by atoms with Crippen LogP contribution >= 0.6 is 0 Å². The molecule has 0 spiro atoms. The van der Waals surface area contributed by atoms with Gasteiger partial charge in [-0.15, -0.1) is 0 Å². The molecule has 15 heavy (non-hydrogen) atoms. The molecule has 1 fully saturated rings. The van der Waals surface area contributed by atoms with Gasteiger partial charge in [-0.3, -0.25) is 0 Å². The van der Waals surface area contributed by atoms with Gasteiger partial charge in [-0.25, -0.2) is 0 Å². The van der Waals surface area contributed by atoms with Crippen LogP contribution in [0.3, 0.4) is 0 Å². The quantitative estimate of drug-likeness (QED) is 0.681. The first-order valence-electron chi connectivity index (χ1n) is 6.72. The van der Waals surface area contributed by atoms with E-state index in [9.17, 15) is 5.11 Å². The van der Waals surface area contributed by atoms with E-state index < -0.39 is 0 Å². The van der Waals surface area contributed by atoms with Crippen molar-refractivity contribution in [3.05, 3.63) is 0 Å². The maximum Gasteiger partial charge on any atom is 0.0693 e. The predicted octanol–water partition coefficient (Wildman–Crippen LogP) is 2.85. The van der Waals surface area contributed by atoms with Crippen molar-refractivity contribution in [2.75, 3.05) is 0 Å². The predicted molar refractivity (Wildman–Crippen MR) is 65.0 cm³/mol. The number of aliphatic hydroxyl groups excluding tert-OH is 1. The molecular weight excluding hydrogens is 186 g/mol. The minimum atomic E-state index is -0.0917. The molecule has 0 saturated heterocycles. The van der Waals surface area contributed by atoms with E-state index in [4.69, 9.17) is 0 Å². The third kappa shape index (κ3) is 4.52. The molecule has 3 unspecified atom stereocenters. The van der Waals surface area contributed by atoms with Crippen LogP contribution in [0.25, 0.3) is 0 Å². The highest BCUT2D eigenvalue weighted by Crippen LogP contribution is 2.20.